The Hall–Kier alpha value is -2.27. The molecule has 0 saturated carbocycles. The van der Waals surface area contributed by atoms with E-state index in [0.29, 0.717) is 4.60 Å². The van der Waals surface area contributed by atoms with Crippen molar-refractivity contribution in [3.05, 3.63) is 40.4 Å². The Morgan fingerprint density at radius 1 is 1.43 bits per heavy atom. The maximum Gasteiger partial charge on any atom is 0.377 e. The number of benzene rings is 1. The minimum absolute atomic E-state index is 0.0217. The molecule has 1 N–H and O–H groups in total. The van der Waals surface area contributed by atoms with E-state index in [1.54, 1.807) is 0 Å². The molecule has 11 heteroatoms. The minimum atomic E-state index is -4.21. The van der Waals surface area contributed by atoms with Crippen LogP contribution >= 0.6 is 15.9 Å². The summed E-state index contributed by atoms with van der Waals surface area (Å²) in [6, 6.07) is 5.03. The van der Waals surface area contributed by atoms with E-state index in [4.69, 9.17) is 4.74 Å². The molecule has 0 aliphatic carbocycles. The van der Waals surface area contributed by atoms with Gasteiger partial charge < -0.3 is 14.6 Å². The third-order valence-corrected chi connectivity index (χ3v) is 4.52. The lowest BCUT2D eigenvalue weighted by molar-refractivity contribution is 0.0517. The van der Waals surface area contributed by atoms with Gasteiger partial charge in [0.15, 0.2) is 12.4 Å². The number of sulfonamides is 1. The van der Waals surface area contributed by atoms with Gasteiger partial charge in [-0.25, -0.2) is 9.18 Å². The van der Waals surface area contributed by atoms with Gasteiger partial charge in [0, 0.05) is 6.07 Å². The Morgan fingerprint density at radius 2 is 2.22 bits per heavy atom. The Balaban J connectivity index is 1.78. The molecule has 0 spiro atoms. The highest BCUT2D eigenvalue weighted by Crippen LogP contribution is 2.29. The van der Waals surface area contributed by atoms with Gasteiger partial charge in [-0.3, -0.25) is 0 Å². The standard InChI is InChI=1S/C12H7BrFN3O5S/c13-9-4-8(22-16-9)12(18)21-5-10-15-7-3-1-2-6(14)11(7)23(19,20)17-10/h1-4H,5H2,(H,15,17). The fraction of sp³-hybridized carbons (Fsp3) is 0.0833. The van der Waals surface area contributed by atoms with Gasteiger partial charge in [-0.05, 0) is 28.1 Å². The number of hydrogen-bond acceptors (Lipinski definition) is 7. The van der Waals surface area contributed by atoms with Crippen LogP contribution in [0, 0.1) is 5.82 Å². The van der Waals surface area contributed by atoms with Crippen molar-refractivity contribution < 1.29 is 26.9 Å². The summed E-state index contributed by atoms with van der Waals surface area (Å²) < 4.78 is 50.8. The molecule has 0 unspecified atom stereocenters. The second-order valence-corrected chi connectivity index (χ2v) is 6.70. The van der Waals surface area contributed by atoms with Crippen molar-refractivity contribution in [3.63, 3.8) is 0 Å². The number of rotatable bonds is 3. The summed E-state index contributed by atoms with van der Waals surface area (Å²) in [7, 11) is -4.21. The number of fused-ring (bicyclic) bond motifs is 1. The van der Waals surface area contributed by atoms with E-state index in [9.17, 15) is 17.6 Å². The van der Waals surface area contributed by atoms with Crippen LogP contribution < -0.4 is 5.32 Å². The van der Waals surface area contributed by atoms with E-state index in [0.717, 1.165) is 6.07 Å². The summed E-state index contributed by atoms with van der Waals surface area (Å²) in [4.78, 5) is 11.1. The van der Waals surface area contributed by atoms with Crippen molar-refractivity contribution in [1.82, 2.24) is 5.16 Å². The fourth-order valence-corrected chi connectivity index (χ4v) is 3.33. The molecule has 0 bridgehead atoms. The van der Waals surface area contributed by atoms with Crippen LogP contribution in [-0.2, 0) is 14.8 Å². The van der Waals surface area contributed by atoms with Crippen molar-refractivity contribution >= 4 is 43.4 Å². The highest BCUT2D eigenvalue weighted by Gasteiger charge is 2.29. The largest absolute Gasteiger partial charge is 0.452 e. The van der Waals surface area contributed by atoms with Crippen LogP contribution in [0.15, 0.2) is 42.7 Å². The number of halogens is 2. The predicted molar refractivity (Wildman–Crippen MR) is 79.1 cm³/mol. The molecule has 0 saturated heterocycles. The Labute approximate surface area is 137 Å². The summed E-state index contributed by atoms with van der Waals surface area (Å²) >= 11 is 3.00. The number of aromatic nitrogens is 1. The molecule has 1 aromatic heterocycles. The third-order valence-electron chi connectivity index (χ3n) is 2.76. The number of nitrogens with one attached hydrogen (secondary N) is 1. The van der Waals surface area contributed by atoms with Gasteiger partial charge in [0.05, 0.1) is 5.69 Å². The molecule has 8 nitrogen and oxygen atoms in total. The molecule has 0 radical (unpaired) electrons. The number of anilines is 1. The molecule has 3 rings (SSSR count). The molecule has 1 aliphatic heterocycles. The quantitative estimate of drug-likeness (QED) is 0.779. The maximum atomic E-state index is 13.6. The van der Waals surface area contributed by atoms with Crippen molar-refractivity contribution in [3.8, 4) is 0 Å². The highest BCUT2D eigenvalue weighted by atomic mass is 79.9. The molecule has 0 fully saturated rings. The molecule has 2 heterocycles. The van der Waals surface area contributed by atoms with E-state index < -0.39 is 33.3 Å². The molecule has 1 aromatic carbocycles. The smallest absolute Gasteiger partial charge is 0.377 e. The van der Waals surface area contributed by atoms with Gasteiger partial charge >= 0.3 is 5.97 Å². The maximum absolute atomic E-state index is 13.6. The first-order valence-corrected chi connectivity index (χ1v) is 8.29. The molecule has 2 aromatic rings. The number of esters is 1. The molecule has 1 aliphatic rings. The van der Waals surface area contributed by atoms with Gasteiger partial charge in [-0.1, -0.05) is 11.2 Å². The van der Waals surface area contributed by atoms with Crippen LogP contribution in [0.4, 0.5) is 10.1 Å². The fourth-order valence-electron chi connectivity index (χ4n) is 1.86. The van der Waals surface area contributed by atoms with E-state index >= 15 is 0 Å². The van der Waals surface area contributed by atoms with Gasteiger partial charge in [-0.2, -0.15) is 8.42 Å². The second kappa shape index (κ2) is 5.74. The monoisotopic (exact) mass is 403 g/mol. The summed E-state index contributed by atoms with van der Waals surface area (Å²) in [5.41, 5.74) is 0.0217. The Bertz CT molecular complexity index is 925. The SMILES string of the molecule is O=C(OCC1=NS(=O)(=O)c2c(F)cccc2N1)c1cc(Br)no1. The second-order valence-electron chi connectivity index (χ2n) is 4.34. The number of amidine groups is 1. The average molecular weight is 404 g/mol. The average Bonchev–Trinajstić information content (AvgIpc) is 2.90. The number of ether oxygens (including phenoxy) is 1. The van der Waals surface area contributed by atoms with Crippen molar-refractivity contribution in [1.29, 1.82) is 0 Å². The van der Waals surface area contributed by atoms with Crippen molar-refractivity contribution in [2.45, 2.75) is 4.90 Å². The lowest BCUT2D eigenvalue weighted by atomic mass is 10.3. The van der Waals surface area contributed by atoms with E-state index in [1.807, 2.05) is 0 Å². The Morgan fingerprint density at radius 3 is 2.91 bits per heavy atom. The van der Waals surface area contributed by atoms with E-state index in [1.165, 1.54) is 18.2 Å². The first-order chi connectivity index (χ1) is 10.9. The summed E-state index contributed by atoms with van der Waals surface area (Å²) in [6.45, 7) is -0.466. The summed E-state index contributed by atoms with van der Waals surface area (Å²) in [6.07, 6.45) is 0. The molecule has 0 atom stereocenters. The van der Waals surface area contributed by atoms with E-state index in [2.05, 4.69) is 35.3 Å². The first-order valence-electron chi connectivity index (χ1n) is 6.05. The molecule has 120 valence electrons. The zero-order chi connectivity index (χ0) is 16.6. The van der Waals surface area contributed by atoms with Crippen LogP contribution in [0.25, 0.3) is 0 Å². The number of carbonyl (C=O) groups excluding carboxylic acids is 1. The van der Waals surface area contributed by atoms with Crippen LogP contribution in [-0.4, -0.2) is 32.0 Å². The summed E-state index contributed by atoms with van der Waals surface area (Å²) in [5.74, 6) is -2.09. The number of hydrogen-bond donors (Lipinski definition) is 1. The third kappa shape index (κ3) is 3.10. The zero-order valence-corrected chi connectivity index (χ0v) is 13.5. The predicted octanol–water partition coefficient (Wildman–Crippen LogP) is 1.95. The highest BCUT2D eigenvalue weighted by molar-refractivity contribution is 9.10. The normalized spacial score (nSPS) is 15.3. The zero-order valence-electron chi connectivity index (χ0n) is 11.1. The van der Waals surface area contributed by atoms with Crippen molar-refractivity contribution in [2.75, 3.05) is 11.9 Å². The van der Waals surface area contributed by atoms with Gasteiger partial charge in [-0.15, -0.1) is 4.40 Å². The number of nitrogens with zero attached hydrogens (tertiary/aromatic N) is 2. The first kappa shape index (κ1) is 15.6. The molecular formula is C12H7BrFN3O5S. The number of carbonyl (C=O) groups is 1. The van der Waals surface area contributed by atoms with Crippen LogP contribution in [0.1, 0.15) is 10.6 Å². The van der Waals surface area contributed by atoms with Crippen molar-refractivity contribution in [2.24, 2.45) is 4.40 Å². The van der Waals surface area contributed by atoms with E-state index in [-0.39, 0.29) is 17.3 Å². The summed E-state index contributed by atoms with van der Waals surface area (Å²) in [5, 5.41) is 6.06. The lowest BCUT2D eigenvalue weighted by Gasteiger charge is -2.18. The van der Waals surface area contributed by atoms with Gasteiger partial charge in [0.2, 0.25) is 5.76 Å². The minimum Gasteiger partial charge on any atom is -0.452 e. The van der Waals surface area contributed by atoms with Gasteiger partial charge in [0.25, 0.3) is 10.0 Å². The van der Waals surface area contributed by atoms with Crippen LogP contribution in [0.5, 0.6) is 0 Å². The van der Waals surface area contributed by atoms with Crippen LogP contribution in [0.3, 0.4) is 0 Å². The molecule has 0 amide bonds. The topological polar surface area (TPSA) is 111 Å². The van der Waals surface area contributed by atoms with Crippen LogP contribution in [0.2, 0.25) is 0 Å². The lowest BCUT2D eigenvalue weighted by Crippen LogP contribution is -2.27. The molecular weight excluding hydrogens is 397 g/mol. The molecule has 23 heavy (non-hydrogen) atoms. The Kier molecular flexibility index (Phi) is 3.90. The van der Waals surface area contributed by atoms with Gasteiger partial charge in [0.1, 0.15) is 15.3 Å².